The van der Waals surface area contributed by atoms with Gasteiger partial charge in [-0.2, -0.15) is 0 Å². The van der Waals surface area contributed by atoms with E-state index in [0.29, 0.717) is 55.7 Å². The van der Waals surface area contributed by atoms with Crippen molar-refractivity contribution in [2.45, 2.75) is 19.9 Å². The highest BCUT2D eigenvalue weighted by Gasteiger charge is 2.34. The molecule has 0 unspecified atom stereocenters. The maximum absolute atomic E-state index is 14.4. The van der Waals surface area contributed by atoms with Crippen LogP contribution in [0.3, 0.4) is 0 Å². The lowest BCUT2D eigenvalue weighted by molar-refractivity contribution is -0.113. The molecule has 0 spiro atoms. The molecule has 1 amide bonds. The summed E-state index contributed by atoms with van der Waals surface area (Å²) in [7, 11) is 3.13. The predicted molar refractivity (Wildman–Crippen MR) is 174 cm³/mol. The first-order valence-corrected chi connectivity index (χ1v) is 15.0. The average molecular weight is 606 g/mol. The van der Waals surface area contributed by atoms with E-state index in [4.69, 9.17) is 19.2 Å². The second-order valence-corrected chi connectivity index (χ2v) is 11.2. The van der Waals surface area contributed by atoms with Gasteiger partial charge in [-0.3, -0.25) is 14.2 Å². The van der Waals surface area contributed by atoms with Crippen molar-refractivity contribution in [1.29, 1.82) is 0 Å². The van der Waals surface area contributed by atoms with Gasteiger partial charge in [0.2, 0.25) is 0 Å². The second-order valence-electron chi connectivity index (χ2n) is 10.1. The monoisotopic (exact) mass is 605 g/mol. The number of carbonyl (C=O) groups excluding carboxylic acids is 1. The highest BCUT2D eigenvalue weighted by atomic mass is 32.1. The van der Waals surface area contributed by atoms with Crippen LogP contribution in [0.4, 0.5) is 5.69 Å². The van der Waals surface area contributed by atoms with E-state index in [1.807, 2.05) is 85.8 Å². The Balaban J connectivity index is 1.59. The summed E-state index contributed by atoms with van der Waals surface area (Å²) in [6.45, 7) is 4.20. The van der Waals surface area contributed by atoms with E-state index in [-0.39, 0.29) is 11.5 Å². The molecule has 44 heavy (non-hydrogen) atoms. The zero-order valence-electron chi connectivity index (χ0n) is 24.8. The topological polar surface area (TPSA) is 91.1 Å². The lowest BCUT2D eigenvalue weighted by Gasteiger charge is -2.26. The standard InChI is InChI=1S/C35H31N3O5S/c1-5-43-28-18-15-22-11-9-10-14-25(22)27(28)20-30-34(40)38-32(26-17-16-24(41-3)19-29(26)42-4)31(21(2)36-35(38)44-30)33(39)37-23-12-7-6-8-13-23/h6-20,32H,5H2,1-4H3,(H,37,39)/b30-20-/t32-/m0/s1. The molecule has 2 heterocycles. The average Bonchev–Trinajstić information content (AvgIpc) is 3.35. The Labute approximate surface area is 258 Å². The highest BCUT2D eigenvalue weighted by Crippen LogP contribution is 2.38. The number of methoxy groups -OCH3 is 2. The largest absolute Gasteiger partial charge is 0.497 e. The number of para-hydroxylation sites is 1. The van der Waals surface area contributed by atoms with Crippen molar-refractivity contribution < 1.29 is 19.0 Å². The Bertz CT molecular complexity index is 2100. The summed E-state index contributed by atoms with van der Waals surface area (Å²) < 4.78 is 19.2. The number of anilines is 1. The molecule has 0 bridgehead atoms. The number of allylic oxidation sites excluding steroid dienone is 1. The van der Waals surface area contributed by atoms with Gasteiger partial charge in [0, 0.05) is 22.9 Å². The normalized spacial score (nSPS) is 14.6. The first-order valence-electron chi connectivity index (χ1n) is 14.2. The third-order valence-electron chi connectivity index (χ3n) is 7.54. The molecule has 1 N–H and O–H groups in total. The summed E-state index contributed by atoms with van der Waals surface area (Å²) in [5.74, 6) is 1.40. The van der Waals surface area contributed by atoms with E-state index in [0.717, 1.165) is 16.3 Å². The van der Waals surface area contributed by atoms with Crippen LogP contribution in [0.15, 0.2) is 106 Å². The quantitative estimate of drug-likeness (QED) is 0.254. The van der Waals surface area contributed by atoms with E-state index in [2.05, 4.69) is 5.32 Å². The Morgan fingerprint density at radius 3 is 2.50 bits per heavy atom. The molecule has 1 aromatic heterocycles. The fraction of sp³-hybridized carbons (Fsp3) is 0.171. The van der Waals surface area contributed by atoms with Gasteiger partial charge >= 0.3 is 0 Å². The number of hydrogen-bond acceptors (Lipinski definition) is 7. The highest BCUT2D eigenvalue weighted by molar-refractivity contribution is 7.07. The van der Waals surface area contributed by atoms with Crippen molar-refractivity contribution in [3.8, 4) is 17.2 Å². The summed E-state index contributed by atoms with van der Waals surface area (Å²) in [6, 6.07) is 25.7. The van der Waals surface area contributed by atoms with Crippen LogP contribution in [0.2, 0.25) is 0 Å². The van der Waals surface area contributed by atoms with Gasteiger partial charge in [0.05, 0.1) is 36.6 Å². The number of aromatic nitrogens is 1. The fourth-order valence-corrected chi connectivity index (χ4v) is 6.54. The number of carbonyl (C=O) groups is 1. The molecule has 1 aliphatic rings. The molecule has 0 saturated carbocycles. The predicted octanol–water partition coefficient (Wildman–Crippen LogP) is 5.44. The van der Waals surface area contributed by atoms with Gasteiger partial charge in [0.15, 0.2) is 4.80 Å². The minimum absolute atomic E-state index is 0.274. The molecular weight excluding hydrogens is 574 g/mol. The van der Waals surface area contributed by atoms with Crippen LogP contribution in [0.25, 0.3) is 16.8 Å². The van der Waals surface area contributed by atoms with Crippen LogP contribution >= 0.6 is 11.3 Å². The third kappa shape index (κ3) is 5.26. The Morgan fingerprint density at radius 2 is 1.75 bits per heavy atom. The maximum Gasteiger partial charge on any atom is 0.271 e. The van der Waals surface area contributed by atoms with Crippen molar-refractivity contribution in [2.75, 3.05) is 26.1 Å². The van der Waals surface area contributed by atoms with Gasteiger partial charge in [0.25, 0.3) is 11.5 Å². The van der Waals surface area contributed by atoms with E-state index >= 15 is 0 Å². The summed E-state index contributed by atoms with van der Waals surface area (Å²) in [4.78, 5) is 33.6. The van der Waals surface area contributed by atoms with Crippen molar-refractivity contribution >= 4 is 39.8 Å². The van der Waals surface area contributed by atoms with Crippen molar-refractivity contribution in [2.24, 2.45) is 4.99 Å². The molecule has 6 rings (SSSR count). The van der Waals surface area contributed by atoms with E-state index in [9.17, 15) is 9.59 Å². The van der Waals surface area contributed by atoms with Crippen molar-refractivity contribution in [1.82, 2.24) is 4.57 Å². The number of nitrogens with zero attached hydrogens (tertiary/aromatic N) is 2. The Morgan fingerprint density at radius 1 is 0.977 bits per heavy atom. The number of hydrogen-bond donors (Lipinski definition) is 1. The van der Waals surface area contributed by atoms with Crippen LogP contribution in [0.5, 0.6) is 17.2 Å². The molecule has 8 nitrogen and oxygen atoms in total. The number of thiazole rings is 1. The molecule has 1 atom stereocenters. The first-order chi connectivity index (χ1) is 21.4. The van der Waals surface area contributed by atoms with Gasteiger partial charge < -0.3 is 19.5 Å². The van der Waals surface area contributed by atoms with E-state index in [1.165, 1.54) is 11.3 Å². The minimum Gasteiger partial charge on any atom is -0.497 e. The number of ether oxygens (including phenoxy) is 3. The van der Waals surface area contributed by atoms with Crippen LogP contribution in [0, 0.1) is 0 Å². The number of rotatable bonds is 8. The summed E-state index contributed by atoms with van der Waals surface area (Å²) in [6.07, 6.45) is 1.86. The molecule has 0 saturated heterocycles. The van der Waals surface area contributed by atoms with Crippen LogP contribution < -0.4 is 34.4 Å². The summed E-state index contributed by atoms with van der Waals surface area (Å²) in [5, 5.41) is 4.98. The first kappa shape index (κ1) is 28.9. The molecule has 0 fully saturated rings. The molecule has 0 radical (unpaired) electrons. The summed E-state index contributed by atoms with van der Waals surface area (Å²) >= 11 is 1.27. The molecule has 0 aliphatic carbocycles. The molecule has 1 aliphatic heterocycles. The lowest BCUT2D eigenvalue weighted by Crippen LogP contribution is -2.40. The van der Waals surface area contributed by atoms with Gasteiger partial charge in [-0.05, 0) is 61.0 Å². The number of nitrogens with one attached hydrogen (secondary N) is 1. The Kier molecular flexibility index (Phi) is 8.04. The molecule has 4 aromatic carbocycles. The second kappa shape index (κ2) is 12.2. The van der Waals surface area contributed by atoms with Gasteiger partial charge in [-0.1, -0.05) is 59.9 Å². The van der Waals surface area contributed by atoms with E-state index < -0.39 is 6.04 Å². The van der Waals surface area contributed by atoms with Gasteiger partial charge in [0.1, 0.15) is 23.3 Å². The smallest absolute Gasteiger partial charge is 0.271 e. The van der Waals surface area contributed by atoms with Gasteiger partial charge in [-0.25, -0.2) is 4.99 Å². The van der Waals surface area contributed by atoms with Crippen LogP contribution in [-0.2, 0) is 4.79 Å². The summed E-state index contributed by atoms with van der Waals surface area (Å²) in [5.41, 5.74) is 2.66. The molecule has 5 aromatic rings. The van der Waals surface area contributed by atoms with Gasteiger partial charge in [-0.15, -0.1) is 0 Å². The molecular formula is C35H31N3O5S. The molecule has 222 valence electrons. The Hall–Kier alpha value is -5.15. The zero-order valence-corrected chi connectivity index (χ0v) is 25.6. The van der Waals surface area contributed by atoms with Crippen LogP contribution in [-0.4, -0.2) is 31.3 Å². The maximum atomic E-state index is 14.4. The fourth-order valence-electron chi connectivity index (χ4n) is 5.51. The van der Waals surface area contributed by atoms with Crippen molar-refractivity contribution in [3.05, 3.63) is 127 Å². The SMILES string of the molecule is CCOc1ccc2ccccc2c1/C=c1\sc2n(c1=O)[C@@H](c1ccc(OC)cc1OC)C(C(=O)Nc1ccccc1)=C(C)N=2. The number of benzene rings is 4. The third-order valence-corrected chi connectivity index (χ3v) is 8.52. The number of fused-ring (bicyclic) bond motifs is 2. The zero-order chi connectivity index (χ0) is 30.8. The van der Waals surface area contributed by atoms with Crippen LogP contribution in [0.1, 0.15) is 31.0 Å². The van der Waals surface area contributed by atoms with Crippen molar-refractivity contribution in [3.63, 3.8) is 0 Å². The number of amides is 1. The lowest BCUT2D eigenvalue weighted by atomic mass is 9.94. The van der Waals surface area contributed by atoms with E-state index in [1.54, 1.807) is 37.8 Å². The molecule has 9 heteroatoms. The minimum atomic E-state index is -0.808.